The molecule has 2 aliphatic heterocycles. The van der Waals surface area contributed by atoms with E-state index in [0.717, 1.165) is 23.1 Å². The molecule has 2 N–H and O–H groups in total. The summed E-state index contributed by atoms with van der Waals surface area (Å²) >= 11 is 0. The van der Waals surface area contributed by atoms with Gasteiger partial charge < -0.3 is 9.31 Å². The first kappa shape index (κ1) is 16.2. The number of nitrogens with zero attached hydrogens (tertiary/aromatic N) is 1. The summed E-state index contributed by atoms with van der Waals surface area (Å²) < 4.78 is 12.2. The summed E-state index contributed by atoms with van der Waals surface area (Å²) in [5, 5.41) is 16.0. The highest BCUT2D eigenvalue weighted by atomic mass is 16.7. The standard InChI is InChI=1S/C17H24BN3O2/c1-11(19)21-14-8-7-13(10-12(14)6-9-15(21)20)18-22-16(2,3)17(4,5)23-18/h7-8,10,19-20H,6,9H2,1-5H3. The molecule has 0 aromatic heterocycles. The van der Waals surface area contributed by atoms with Crippen LogP contribution in [-0.2, 0) is 15.7 Å². The van der Waals surface area contributed by atoms with Crippen molar-refractivity contribution in [3.8, 4) is 0 Å². The largest absolute Gasteiger partial charge is 0.494 e. The summed E-state index contributed by atoms with van der Waals surface area (Å²) in [5.74, 6) is 0.854. The van der Waals surface area contributed by atoms with E-state index >= 15 is 0 Å². The summed E-state index contributed by atoms with van der Waals surface area (Å²) in [6.45, 7) is 9.91. The van der Waals surface area contributed by atoms with Crippen LogP contribution in [0.4, 0.5) is 5.69 Å². The van der Waals surface area contributed by atoms with Gasteiger partial charge in [-0.2, -0.15) is 0 Å². The number of fused-ring (bicyclic) bond motifs is 1. The minimum Gasteiger partial charge on any atom is -0.399 e. The van der Waals surface area contributed by atoms with Gasteiger partial charge in [0.1, 0.15) is 11.7 Å². The van der Waals surface area contributed by atoms with Crippen molar-refractivity contribution in [2.75, 3.05) is 4.90 Å². The van der Waals surface area contributed by atoms with E-state index in [1.807, 2.05) is 39.8 Å². The second-order valence-corrected chi connectivity index (χ2v) is 7.34. The molecule has 5 nitrogen and oxygen atoms in total. The lowest BCUT2D eigenvalue weighted by atomic mass is 9.77. The molecule has 23 heavy (non-hydrogen) atoms. The molecule has 0 unspecified atom stereocenters. The zero-order valence-corrected chi connectivity index (χ0v) is 14.5. The number of nitrogens with one attached hydrogen (secondary N) is 2. The van der Waals surface area contributed by atoms with Gasteiger partial charge in [-0.15, -0.1) is 0 Å². The van der Waals surface area contributed by atoms with Crippen LogP contribution in [-0.4, -0.2) is 30.0 Å². The fraction of sp³-hybridized carbons (Fsp3) is 0.529. The fourth-order valence-electron chi connectivity index (χ4n) is 3.04. The molecule has 0 saturated carbocycles. The number of hydrogen-bond donors (Lipinski definition) is 2. The number of aryl methyl sites for hydroxylation is 1. The zero-order chi connectivity index (χ0) is 17.0. The molecule has 0 aliphatic carbocycles. The van der Waals surface area contributed by atoms with Crippen molar-refractivity contribution in [1.82, 2.24) is 0 Å². The summed E-state index contributed by atoms with van der Waals surface area (Å²) in [7, 11) is -0.374. The van der Waals surface area contributed by atoms with E-state index in [-0.39, 0.29) is 18.3 Å². The van der Waals surface area contributed by atoms with Crippen LogP contribution in [0.5, 0.6) is 0 Å². The van der Waals surface area contributed by atoms with Crippen molar-refractivity contribution >= 4 is 29.9 Å². The Labute approximate surface area is 138 Å². The summed E-state index contributed by atoms with van der Waals surface area (Å²) in [6.07, 6.45) is 1.46. The Morgan fingerprint density at radius 1 is 1.13 bits per heavy atom. The topological polar surface area (TPSA) is 69.4 Å². The molecule has 2 heterocycles. The van der Waals surface area contributed by atoms with Gasteiger partial charge in [-0.25, -0.2) is 0 Å². The molecule has 1 aromatic carbocycles. The van der Waals surface area contributed by atoms with Gasteiger partial charge in [-0.3, -0.25) is 15.7 Å². The molecular weight excluding hydrogens is 289 g/mol. The quantitative estimate of drug-likeness (QED) is 0.476. The Hall–Kier alpha value is -1.66. The van der Waals surface area contributed by atoms with Gasteiger partial charge in [0, 0.05) is 6.42 Å². The molecule has 1 fully saturated rings. The number of benzene rings is 1. The summed E-state index contributed by atoms with van der Waals surface area (Å²) in [4.78, 5) is 1.70. The molecule has 0 amide bonds. The normalized spacial score (nSPS) is 22.2. The van der Waals surface area contributed by atoms with Crippen LogP contribution < -0.4 is 10.4 Å². The molecule has 6 heteroatoms. The lowest BCUT2D eigenvalue weighted by molar-refractivity contribution is 0.00578. The highest BCUT2D eigenvalue weighted by molar-refractivity contribution is 6.62. The predicted octanol–water partition coefficient (Wildman–Crippen LogP) is 2.71. The molecule has 0 spiro atoms. The van der Waals surface area contributed by atoms with Gasteiger partial charge in [0.15, 0.2) is 0 Å². The highest BCUT2D eigenvalue weighted by Crippen LogP contribution is 2.37. The average molecular weight is 313 g/mol. The van der Waals surface area contributed by atoms with Gasteiger partial charge in [-0.05, 0) is 58.1 Å². The minimum absolute atomic E-state index is 0.354. The third-order valence-corrected chi connectivity index (χ3v) is 5.11. The monoisotopic (exact) mass is 313 g/mol. The van der Waals surface area contributed by atoms with E-state index in [4.69, 9.17) is 20.1 Å². The van der Waals surface area contributed by atoms with E-state index in [9.17, 15) is 0 Å². The van der Waals surface area contributed by atoms with E-state index < -0.39 is 0 Å². The van der Waals surface area contributed by atoms with Crippen LogP contribution in [0.3, 0.4) is 0 Å². The van der Waals surface area contributed by atoms with Crippen molar-refractivity contribution in [1.29, 1.82) is 10.8 Å². The molecule has 0 radical (unpaired) electrons. The van der Waals surface area contributed by atoms with E-state index in [1.54, 1.807) is 11.8 Å². The number of amidine groups is 2. The van der Waals surface area contributed by atoms with Crippen LogP contribution in [0.2, 0.25) is 0 Å². The first-order valence-corrected chi connectivity index (χ1v) is 8.03. The Kier molecular flexibility index (Phi) is 3.65. The van der Waals surface area contributed by atoms with Gasteiger partial charge >= 0.3 is 7.12 Å². The molecule has 0 atom stereocenters. The molecular formula is C17H24BN3O2. The van der Waals surface area contributed by atoms with E-state index in [1.165, 1.54) is 0 Å². The van der Waals surface area contributed by atoms with Crippen molar-refractivity contribution in [2.24, 2.45) is 0 Å². The van der Waals surface area contributed by atoms with Crippen molar-refractivity contribution in [3.63, 3.8) is 0 Å². The molecule has 3 rings (SSSR count). The Bertz CT molecular complexity index is 668. The maximum absolute atomic E-state index is 8.07. The van der Waals surface area contributed by atoms with Crippen LogP contribution in [0.15, 0.2) is 18.2 Å². The molecule has 122 valence electrons. The Balaban J connectivity index is 1.94. The first-order chi connectivity index (χ1) is 10.6. The summed E-state index contributed by atoms with van der Waals surface area (Å²) in [5.41, 5.74) is 2.35. The number of hydrogen-bond acceptors (Lipinski definition) is 4. The molecule has 0 bridgehead atoms. The van der Waals surface area contributed by atoms with Crippen LogP contribution >= 0.6 is 0 Å². The highest BCUT2D eigenvalue weighted by Gasteiger charge is 2.51. The minimum atomic E-state index is -0.374. The van der Waals surface area contributed by atoms with Crippen molar-refractivity contribution in [2.45, 2.75) is 58.7 Å². The average Bonchev–Trinajstić information content (AvgIpc) is 2.66. The van der Waals surface area contributed by atoms with Gasteiger partial charge in [0.25, 0.3) is 0 Å². The third-order valence-electron chi connectivity index (χ3n) is 5.11. The first-order valence-electron chi connectivity index (χ1n) is 8.03. The lowest BCUT2D eigenvalue weighted by Gasteiger charge is -2.32. The van der Waals surface area contributed by atoms with Crippen molar-refractivity contribution < 1.29 is 9.31 Å². The second-order valence-electron chi connectivity index (χ2n) is 7.34. The maximum atomic E-state index is 8.07. The molecule has 1 aromatic rings. The Morgan fingerprint density at radius 3 is 2.30 bits per heavy atom. The van der Waals surface area contributed by atoms with Gasteiger partial charge in [0.05, 0.1) is 16.9 Å². The second kappa shape index (κ2) is 5.18. The Morgan fingerprint density at radius 2 is 1.74 bits per heavy atom. The lowest BCUT2D eigenvalue weighted by Crippen LogP contribution is -2.41. The van der Waals surface area contributed by atoms with Crippen LogP contribution in [0, 0.1) is 10.8 Å². The van der Waals surface area contributed by atoms with E-state index in [0.29, 0.717) is 18.1 Å². The van der Waals surface area contributed by atoms with Crippen LogP contribution in [0.25, 0.3) is 0 Å². The molecule has 1 saturated heterocycles. The number of anilines is 1. The predicted molar refractivity (Wildman–Crippen MR) is 94.1 cm³/mol. The van der Waals surface area contributed by atoms with Gasteiger partial charge in [0.2, 0.25) is 0 Å². The van der Waals surface area contributed by atoms with Gasteiger partial charge in [-0.1, -0.05) is 12.1 Å². The SMILES string of the molecule is CC(=N)N1C(=N)CCc2cc(B3OC(C)(C)C(C)(C)O3)ccc21. The third kappa shape index (κ3) is 2.60. The summed E-state index contributed by atoms with van der Waals surface area (Å²) in [6, 6.07) is 6.05. The fourth-order valence-corrected chi connectivity index (χ4v) is 3.04. The van der Waals surface area contributed by atoms with Crippen molar-refractivity contribution in [3.05, 3.63) is 23.8 Å². The number of rotatable bonds is 1. The molecule has 2 aliphatic rings. The van der Waals surface area contributed by atoms with Crippen LogP contribution in [0.1, 0.15) is 46.6 Å². The smallest absolute Gasteiger partial charge is 0.399 e. The van der Waals surface area contributed by atoms with E-state index in [2.05, 4.69) is 6.07 Å². The maximum Gasteiger partial charge on any atom is 0.494 e. The zero-order valence-electron chi connectivity index (χ0n) is 14.5.